The fourth-order valence-corrected chi connectivity index (χ4v) is 3.88. The summed E-state index contributed by atoms with van der Waals surface area (Å²) in [5.74, 6) is 0.501. The Bertz CT molecular complexity index is 281. The minimum Gasteiger partial charge on any atom is -0.212 e. The first-order chi connectivity index (χ1) is 5.97. The van der Waals surface area contributed by atoms with E-state index in [1.165, 1.54) is 0 Å². The molecule has 0 bridgehead atoms. The summed E-state index contributed by atoms with van der Waals surface area (Å²) < 4.78 is 21.9. The van der Waals surface area contributed by atoms with E-state index in [9.17, 15) is 8.42 Å². The molecular weight excluding hydrogens is 243 g/mol. The summed E-state index contributed by atoms with van der Waals surface area (Å²) in [5.41, 5.74) is -0.397. The van der Waals surface area contributed by atoms with Crippen LogP contribution in [0.5, 0.6) is 0 Å². The summed E-state index contributed by atoms with van der Waals surface area (Å²) >= 11 is 5.79. The highest BCUT2D eigenvalue weighted by Gasteiger charge is 2.31. The van der Waals surface area contributed by atoms with Crippen molar-refractivity contribution in [2.24, 2.45) is 10.8 Å². The predicted molar refractivity (Wildman–Crippen MR) is 62.5 cm³/mol. The molecular formula is C9H18Cl2O2S. The standard InChI is InChI=1S/C9H18Cl2O2S/c1-8(2,6-10)5-9(3,4)7-14(11,12)13/h5-7H2,1-4H3. The Balaban J connectivity index is 4.50. The molecule has 0 amide bonds. The Hall–Kier alpha value is 0.530. The quantitative estimate of drug-likeness (QED) is 0.562. The molecule has 0 atom stereocenters. The smallest absolute Gasteiger partial charge is 0.212 e. The zero-order chi connectivity index (χ0) is 11.6. The Morgan fingerprint density at radius 3 is 1.79 bits per heavy atom. The van der Waals surface area contributed by atoms with E-state index in [4.69, 9.17) is 22.3 Å². The third-order valence-corrected chi connectivity index (χ3v) is 4.06. The van der Waals surface area contributed by atoms with Crippen LogP contribution >= 0.6 is 22.3 Å². The second-order valence-corrected chi connectivity index (χ2v) is 8.37. The molecule has 0 aromatic carbocycles. The van der Waals surface area contributed by atoms with Crippen molar-refractivity contribution in [3.05, 3.63) is 0 Å². The van der Waals surface area contributed by atoms with E-state index < -0.39 is 9.05 Å². The van der Waals surface area contributed by atoms with Crippen LogP contribution in [0.4, 0.5) is 0 Å². The van der Waals surface area contributed by atoms with E-state index in [0.29, 0.717) is 5.88 Å². The van der Waals surface area contributed by atoms with Gasteiger partial charge in [-0.15, -0.1) is 11.6 Å². The first-order valence-electron chi connectivity index (χ1n) is 4.46. The van der Waals surface area contributed by atoms with Crippen LogP contribution in [-0.4, -0.2) is 20.1 Å². The Labute approximate surface area is 96.4 Å². The van der Waals surface area contributed by atoms with Gasteiger partial charge in [0.2, 0.25) is 9.05 Å². The molecule has 14 heavy (non-hydrogen) atoms. The van der Waals surface area contributed by atoms with E-state index in [2.05, 4.69) is 0 Å². The van der Waals surface area contributed by atoms with Crippen molar-refractivity contribution in [2.45, 2.75) is 34.1 Å². The normalized spacial score (nSPS) is 14.4. The Morgan fingerprint density at radius 2 is 1.50 bits per heavy atom. The molecule has 0 saturated heterocycles. The van der Waals surface area contributed by atoms with E-state index >= 15 is 0 Å². The van der Waals surface area contributed by atoms with Gasteiger partial charge in [-0.05, 0) is 17.3 Å². The van der Waals surface area contributed by atoms with Crippen LogP contribution in [0.15, 0.2) is 0 Å². The maximum Gasteiger partial charge on any atom is 0.233 e. The van der Waals surface area contributed by atoms with Gasteiger partial charge in [-0.25, -0.2) is 8.42 Å². The van der Waals surface area contributed by atoms with Crippen LogP contribution in [0.2, 0.25) is 0 Å². The van der Waals surface area contributed by atoms with Crippen LogP contribution in [0.1, 0.15) is 34.1 Å². The lowest BCUT2D eigenvalue weighted by atomic mass is 9.77. The van der Waals surface area contributed by atoms with Gasteiger partial charge in [-0.2, -0.15) is 0 Å². The van der Waals surface area contributed by atoms with Crippen molar-refractivity contribution in [1.82, 2.24) is 0 Å². The summed E-state index contributed by atoms with van der Waals surface area (Å²) in [4.78, 5) is 0. The topological polar surface area (TPSA) is 34.1 Å². The zero-order valence-electron chi connectivity index (χ0n) is 9.10. The van der Waals surface area contributed by atoms with Crippen LogP contribution in [0.3, 0.4) is 0 Å². The molecule has 0 aliphatic heterocycles. The second kappa shape index (κ2) is 4.58. The lowest BCUT2D eigenvalue weighted by Crippen LogP contribution is -2.29. The largest absolute Gasteiger partial charge is 0.233 e. The fraction of sp³-hybridized carbons (Fsp3) is 1.00. The van der Waals surface area contributed by atoms with Gasteiger partial charge in [0.15, 0.2) is 0 Å². The van der Waals surface area contributed by atoms with Crippen LogP contribution in [0, 0.1) is 10.8 Å². The van der Waals surface area contributed by atoms with E-state index in [1.54, 1.807) is 0 Å². The average molecular weight is 261 g/mol. The van der Waals surface area contributed by atoms with Crippen molar-refractivity contribution < 1.29 is 8.42 Å². The molecule has 0 unspecified atom stereocenters. The number of rotatable bonds is 5. The molecule has 0 heterocycles. The molecule has 5 heteroatoms. The van der Waals surface area contributed by atoms with E-state index in [0.717, 1.165) is 6.42 Å². The third kappa shape index (κ3) is 6.91. The molecule has 0 N–H and O–H groups in total. The molecule has 0 aliphatic rings. The number of alkyl halides is 1. The van der Waals surface area contributed by atoms with Crippen molar-refractivity contribution in [2.75, 3.05) is 11.6 Å². The van der Waals surface area contributed by atoms with Crippen molar-refractivity contribution in [3.8, 4) is 0 Å². The fourth-order valence-electron chi connectivity index (χ4n) is 1.86. The van der Waals surface area contributed by atoms with Crippen LogP contribution in [0.25, 0.3) is 0 Å². The minimum atomic E-state index is -3.43. The Kier molecular flexibility index (Phi) is 4.76. The highest BCUT2D eigenvalue weighted by molar-refractivity contribution is 8.13. The number of hydrogen-bond acceptors (Lipinski definition) is 2. The lowest BCUT2D eigenvalue weighted by Gasteiger charge is -2.32. The first kappa shape index (κ1) is 14.5. The summed E-state index contributed by atoms with van der Waals surface area (Å²) in [6, 6.07) is 0. The molecule has 0 aromatic heterocycles. The maximum absolute atomic E-state index is 11.0. The van der Waals surface area contributed by atoms with Crippen molar-refractivity contribution >= 4 is 31.3 Å². The van der Waals surface area contributed by atoms with Crippen molar-refractivity contribution in [1.29, 1.82) is 0 Å². The van der Waals surface area contributed by atoms with Gasteiger partial charge in [-0.1, -0.05) is 27.7 Å². The lowest BCUT2D eigenvalue weighted by molar-refractivity contribution is 0.240. The molecule has 86 valence electrons. The summed E-state index contributed by atoms with van der Waals surface area (Å²) in [6.07, 6.45) is 0.732. The summed E-state index contributed by atoms with van der Waals surface area (Å²) in [7, 11) is 1.80. The SMILES string of the molecule is CC(C)(CCl)CC(C)(C)CS(=O)(=O)Cl. The highest BCUT2D eigenvalue weighted by atomic mass is 35.7. The molecule has 0 rings (SSSR count). The van der Waals surface area contributed by atoms with Crippen LogP contribution in [-0.2, 0) is 9.05 Å². The molecule has 0 radical (unpaired) electrons. The number of hydrogen-bond donors (Lipinski definition) is 0. The monoisotopic (exact) mass is 260 g/mol. The van der Waals surface area contributed by atoms with Gasteiger partial charge in [0.05, 0.1) is 5.75 Å². The third-order valence-electron chi connectivity index (χ3n) is 1.88. The van der Waals surface area contributed by atoms with Gasteiger partial charge in [0.25, 0.3) is 0 Å². The Morgan fingerprint density at radius 1 is 1.07 bits per heavy atom. The highest BCUT2D eigenvalue weighted by Crippen LogP contribution is 2.35. The maximum atomic E-state index is 11.0. The first-order valence-corrected chi connectivity index (χ1v) is 7.47. The number of halogens is 2. The van der Waals surface area contributed by atoms with Crippen LogP contribution < -0.4 is 0 Å². The second-order valence-electron chi connectivity index (χ2n) is 5.32. The van der Waals surface area contributed by atoms with Gasteiger partial charge in [0, 0.05) is 16.6 Å². The predicted octanol–water partition coefficient (Wildman–Crippen LogP) is 3.24. The summed E-state index contributed by atoms with van der Waals surface area (Å²) in [5, 5.41) is 0. The molecule has 0 aromatic rings. The molecule has 0 aliphatic carbocycles. The van der Waals surface area contributed by atoms with E-state index in [1.807, 2.05) is 27.7 Å². The zero-order valence-corrected chi connectivity index (χ0v) is 11.4. The molecule has 0 fully saturated rings. The van der Waals surface area contributed by atoms with Gasteiger partial charge < -0.3 is 0 Å². The van der Waals surface area contributed by atoms with Crippen molar-refractivity contribution in [3.63, 3.8) is 0 Å². The van der Waals surface area contributed by atoms with E-state index in [-0.39, 0.29) is 16.6 Å². The summed E-state index contributed by atoms with van der Waals surface area (Å²) in [6.45, 7) is 7.81. The van der Waals surface area contributed by atoms with Gasteiger partial charge in [0.1, 0.15) is 0 Å². The average Bonchev–Trinajstić information content (AvgIpc) is 1.78. The van der Waals surface area contributed by atoms with Gasteiger partial charge in [-0.3, -0.25) is 0 Å². The molecule has 0 saturated carbocycles. The minimum absolute atomic E-state index is 0.0120. The van der Waals surface area contributed by atoms with Gasteiger partial charge >= 0.3 is 0 Å². The molecule has 2 nitrogen and oxygen atoms in total. The molecule has 0 spiro atoms.